The van der Waals surface area contributed by atoms with Gasteiger partial charge in [-0.25, -0.2) is 6.92 Å². The van der Waals surface area contributed by atoms with Crippen LogP contribution in [0.15, 0.2) is 32.5 Å². The van der Waals surface area contributed by atoms with E-state index in [9.17, 15) is 0 Å². The van der Waals surface area contributed by atoms with E-state index in [1.165, 1.54) is 67.3 Å². The van der Waals surface area contributed by atoms with Crippen molar-refractivity contribution in [3.63, 3.8) is 0 Å². The van der Waals surface area contributed by atoms with Crippen LogP contribution in [0.4, 0.5) is 0 Å². The zero-order valence-electron chi connectivity index (χ0n) is 41.4. The molecule has 0 fully saturated rings. The number of allylic oxidation sites excluding steroid dienone is 8. The third-order valence-electron chi connectivity index (χ3n) is 8.77. The normalized spacial score (nSPS) is 11.9. The van der Waals surface area contributed by atoms with E-state index in [1.54, 1.807) is 6.92 Å². The zero-order valence-corrected chi connectivity index (χ0v) is 49.9. The summed E-state index contributed by atoms with van der Waals surface area (Å²) in [5, 5.41) is 0. The van der Waals surface area contributed by atoms with E-state index >= 15 is 0 Å². The van der Waals surface area contributed by atoms with Gasteiger partial charge in [-0.15, -0.1) is 47.5 Å². The van der Waals surface area contributed by atoms with Crippen LogP contribution in [0, 0.1) is 97.4 Å². The molecule has 0 saturated heterocycles. The van der Waals surface area contributed by atoms with Crippen LogP contribution in [0.1, 0.15) is 186 Å². The van der Waals surface area contributed by atoms with E-state index in [0.29, 0.717) is 29.6 Å². The van der Waals surface area contributed by atoms with Crippen molar-refractivity contribution in [1.29, 1.82) is 0 Å². The number of nitrogens with zero attached hydrogens (tertiary/aromatic N) is 4. The second-order valence-electron chi connectivity index (χ2n) is 15.5. The fourth-order valence-electron chi connectivity index (χ4n) is 5.27. The van der Waals surface area contributed by atoms with Crippen molar-refractivity contribution < 1.29 is 98.1 Å². The monoisotopic (exact) mass is 1000 g/mol. The average molecular weight is 1000 g/mol. The van der Waals surface area contributed by atoms with Crippen LogP contribution < -0.4 is 0 Å². The molecule has 0 amide bonds. The first kappa shape index (κ1) is 68.6. The summed E-state index contributed by atoms with van der Waals surface area (Å²) in [7, 11) is 0. The summed E-state index contributed by atoms with van der Waals surface area (Å²) < 4.78 is 0. The van der Waals surface area contributed by atoms with Gasteiger partial charge in [-0.3, -0.25) is 9.97 Å². The fraction of sp³-hybridized carbons (Fsp3) is 0.600. The van der Waals surface area contributed by atoms with Crippen molar-refractivity contribution in [3.8, 4) is 0 Å². The molecule has 7 heteroatoms. The first-order chi connectivity index (χ1) is 24.8. The topological polar surface area (TPSA) is 50.5 Å². The van der Waals surface area contributed by atoms with E-state index in [-0.39, 0.29) is 98.1 Å². The van der Waals surface area contributed by atoms with E-state index in [4.69, 9.17) is 0 Å². The van der Waals surface area contributed by atoms with Crippen molar-refractivity contribution in [3.05, 3.63) is 103 Å². The minimum Gasteiger partial charge on any atom is -0.584 e. The Morgan fingerprint density at radius 1 is 0.456 bits per heavy atom. The van der Waals surface area contributed by atoms with Crippen molar-refractivity contribution in [2.45, 2.75) is 185 Å². The first-order valence-corrected chi connectivity index (χ1v) is 19.8. The molecule has 57 heavy (non-hydrogen) atoms. The van der Waals surface area contributed by atoms with Crippen LogP contribution >= 0.6 is 0 Å². The summed E-state index contributed by atoms with van der Waals surface area (Å²) in [5.41, 5.74) is 17.3. The second-order valence-corrected chi connectivity index (χ2v) is 15.5. The smallest absolute Gasteiger partial charge is 0.0464 e. The maximum atomic E-state index is 4.63. The molecule has 0 aliphatic carbocycles. The van der Waals surface area contributed by atoms with Crippen molar-refractivity contribution in [1.82, 2.24) is 9.97 Å². The maximum absolute atomic E-state index is 4.63. The number of pyridine rings is 2. The summed E-state index contributed by atoms with van der Waals surface area (Å²) >= 11 is 0. The van der Waals surface area contributed by atoms with Gasteiger partial charge in [0, 0.05) is 121 Å². The number of aliphatic imine (C=N–C) groups is 2. The van der Waals surface area contributed by atoms with Gasteiger partial charge in [0.2, 0.25) is 0 Å². The van der Waals surface area contributed by atoms with Crippen molar-refractivity contribution >= 4 is 12.4 Å². The van der Waals surface area contributed by atoms with Gasteiger partial charge in [0.1, 0.15) is 0 Å². The van der Waals surface area contributed by atoms with E-state index < -0.39 is 0 Å². The molecule has 0 bridgehead atoms. The Bertz CT molecular complexity index is 1590. The predicted molar refractivity (Wildman–Crippen MR) is 241 cm³/mol. The average Bonchev–Trinajstić information content (AvgIpc) is 3.06. The minimum atomic E-state index is 0. The SMILES string of the molecule is C[C-]=C(C)C(C)=[C-]C(C)C.C[C-]=C(C)N=[C-]C(C)C.C[C-]=NC(C)=[C-]C(C)C.Cc1nc(C(C)C)c(C)c(C)c1C.Cc1nc(C)c(C(C)C)c(C)c1C.[Y].[Y].[Y]. The van der Waals surface area contributed by atoms with Crippen LogP contribution in [0.5, 0.6) is 0 Å². The molecule has 2 aromatic rings. The maximum Gasteiger partial charge on any atom is 0.0464 e. The Balaban J connectivity index is -0.000000142. The molecule has 0 N–H and O–H groups in total. The van der Waals surface area contributed by atoms with Gasteiger partial charge in [-0.2, -0.15) is 18.3 Å². The van der Waals surface area contributed by atoms with Gasteiger partial charge in [0.15, 0.2) is 0 Å². The molecule has 3 radical (unpaired) electrons. The predicted octanol–water partition coefficient (Wildman–Crippen LogP) is 14.7. The van der Waals surface area contributed by atoms with Crippen LogP contribution in [-0.4, -0.2) is 22.4 Å². The number of aromatic nitrogens is 2. The summed E-state index contributed by atoms with van der Waals surface area (Å²) in [4.78, 5) is 17.1. The molecule has 315 valence electrons. The molecular weight excluding hydrogens is 923 g/mol. The van der Waals surface area contributed by atoms with Crippen molar-refractivity contribution in [2.75, 3.05) is 0 Å². The van der Waals surface area contributed by atoms with E-state index in [0.717, 1.165) is 11.4 Å². The summed E-state index contributed by atoms with van der Waals surface area (Å²) in [6.45, 7) is 52.0. The van der Waals surface area contributed by atoms with E-state index in [2.05, 4.69) is 181 Å². The quantitative estimate of drug-likeness (QED) is 0.150. The molecule has 4 nitrogen and oxygen atoms in total. The largest absolute Gasteiger partial charge is 0.584 e. The third kappa shape index (κ3) is 31.4. The van der Waals surface area contributed by atoms with Gasteiger partial charge in [0.25, 0.3) is 0 Å². The Kier molecular flexibility index (Phi) is 45.3. The van der Waals surface area contributed by atoms with Gasteiger partial charge in [-0.05, 0) is 101 Å². The Hall–Kier alpha value is -0.0883. The van der Waals surface area contributed by atoms with Gasteiger partial charge in [0.05, 0.1) is 0 Å². The molecule has 0 atom stereocenters. The first-order valence-electron chi connectivity index (χ1n) is 19.8. The molecule has 0 saturated carbocycles. The molecular formula is C50H80N4Y3-6. The van der Waals surface area contributed by atoms with Gasteiger partial charge in [-0.1, -0.05) is 75.2 Å². The molecule has 2 aromatic heterocycles. The number of hydrogen-bond acceptors (Lipinski definition) is 4. The van der Waals surface area contributed by atoms with Crippen LogP contribution in [0.25, 0.3) is 0 Å². The van der Waals surface area contributed by atoms with Gasteiger partial charge >= 0.3 is 0 Å². The summed E-state index contributed by atoms with van der Waals surface area (Å²) in [6.07, 6.45) is 18.1. The molecule has 0 aliphatic heterocycles. The number of hydrogen-bond donors (Lipinski definition) is 0. The summed E-state index contributed by atoms with van der Waals surface area (Å²) in [5.74, 6) is 2.49. The standard InChI is InChI=1S/2C12H19N.C10H16.2C8H13N.3Y/c1-7(2)12-9(4)8(3)10(5)13-11(12)6;1-7(2)12-10(5)8(3)9(4)11(6)13-12;1-6-9(4)10(5)7-8(2)3;1-5-9-8(4)6-7(2)3;1-5-8(4)9-6-7(2)3;;;/h2*7H,1-6H3;8H,1-5H3;2*7H,1-4H3;;;/q;;3*-2;;;. The Morgan fingerprint density at radius 2 is 0.912 bits per heavy atom. The molecule has 0 aliphatic rings. The molecule has 2 rings (SSSR count). The number of aryl methyl sites for hydroxylation is 3. The van der Waals surface area contributed by atoms with E-state index in [1.807, 2.05) is 41.5 Å². The second kappa shape index (κ2) is 37.7. The molecule has 0 unspecified atom stereocenters. The molecule has 0 aromatic carbocycles. The fourth-order valence-corrected chi connectivity index (χ4v) is 5.27. The Morgan fingerprint density at radius 3 is 1.28 bits per heavy atom. The Labute approximate surface area is 431 Å². The number of rotatable bonds is 8. The van der Waals surface area contributed by atoms with Crippen LogP contribution in [0.2, 0.25) is 0 Å². The minimum absolute atomic E-state index is 0. The van der Waals surface area contributed by atoms with Crippen molar-refractivity contribution in [2.24, 2.45) is 27.7 Å². The van der Waals surface area contributed by atoms with Gasteiger partial charge < -0.3 is 56.8 Å². The summed E-state index contributed by atoms with van der Waals surface area (Å²) in [6, 6.07) is 0. The zero-order chi connectivity index (χ0) is 43.0. The van der Waals surface area contributed by atoms with Crippen LogP contribution in [0.3, 0.4) is 0 Å². The third-order valence-corrected chi connectivity index (χ3v) is 8.77. The van der Waals surface area contributed by atoms with Crippen LogP contribution in [-0.2, 0) is 98.1 Å². The molecule has 0 spiro atoms. The molecule has 2 heterocycles.